The third-order valence-corrected chi connectivity index (χ3v) is 4.66. The van der Waals surface area contributed by atoms with Crippen LogP contribution in [0.5, 0.6) is 5.88 Å². The SMILES string of the molecule is Nc1ncccc1NCc1nc(OCC2CCOC2)c2ccc(Cl)cc2n1. The number of benzene rings is 1. The van der Waals surface area contributed by atoms with Crippen LogP contribution in [-0.2, 0) is 11.3 Å². The summed E-state index contributed by atoms with van der Waals surface area (Å²) in [6, 6.07) is 9.18. The van der Waals surface area contributed by atoms with Crippen molar-refractivity contribution in [2.75, 3.05) is 30.9 Å². The third kappa shape index (κ3) is 4.20. The lowest BCUT2D eigenvalue weighted by Crippen LogP contribution is -2.14. The van der Waals surface area contributed by atoms with E-state index < -0.39 is 0 Å². The maximum atomic E-state index is 6.14. The minimum Gasteiger partial charge on any atom is -0.477 e. The maximum Gasteiger partial charge on any atom is 0.224 e. The number of hydrogen-bond acceptors (Lipinski definition) is 7. The maximum absolute atomic E-state index is 6.14. The number of pyridine rings is 1. The Morgan fingerprint density at radius 2 is 2.22 bits per heavy atom. The van der Waals surface area contributed by atoms with Crippen LogP contribution in [-0.4, -0.2) is 34.8 Å². The summed E-state index contributed by atoms with van der Waals surface area (Å²) >= 11 is 6.14. The molecule has 0 aliphatic carbocycles. The van der Waals surface area contributed by atoms with E-state index in [1.807, 2.05) is 30.3 Å². The quantitative estimate of drug-likeness (QED) is 0.672. The van der Waals surface area contributed by atoms with Gasteiger partial charge in [-0.3, -0.25) is 0 Å². The van der Waals surface area contributed by atoms with Crippen molar-refractivity contribution in [2.24, 2.45) is 5.92 Å². The number of nitrogens with one attached hydrogen (secondary N) is 1. The number of hydrogen-bond donors (Lipinski definition) is 2. The molecule has 4 rings (SSSR count). The van der Waals surface area contributed by atoms with Crippen LogP contribution < -0.4 is 15.8 Å². The Bertz CT molecular complexity index is 947. The molecular formula is C19H20ClN5O2. The van der Waals surface area contributed by atoms with E-state index in [1.165, 1.54) is 0 Å². The van der Waals surface area contributed by atoms with Crippen molar-refractivity contribution >= 4 is 34.0 Å². The molecule has 0 amide bonds. The number of nitrogens with two attached hydrogens (primary N) is 1. The molecule has 3 heterocycles. The van der Waals surface area contributed by atoms with Gasteiger partial charge in [-0.15, -0.1) is 0 Å². The van der Waals surface area contributed by atoms with Gasteiger partial charge in [0.2, 0.25) is 5.88 Å². The number of ether oxygens (including phenoxy) is 2. The van der Waals surface area contributed by atoms with Gasteiger partial charge in [0.25, 0.3) is 0 Å². The molecule has 2 aromatic heterocycles. The number of halogens is 1. The molecule has 3 N–H and O–H groups in total. The number of anilines is 2. The second kappa shape index (κ2) is 7.94. The molecule has 27 heavy (non-hydrogen) atoms. The fourth-order valence-electron chi connectivity index (χ4n) is 2.96. The lowest BCUT2D eigenvalue weighted by Gasteiger charge is -2.14. The fourth-order valence-corrected chi connectivity index (χ4v) is 3.13. The molecule has 0 bridgehead atoms. The minimum atomic E-state index is 0.388. The van der Waals surface area contributed by atoms with E-state index in [0.717, 1.165) is 36.2 Å². The number of nitrogen functional groups attached to an aromatic ring is 1. The first-order valence-corrected chi connectivity index (χ1v) is 9.18. The fraction of sp³-hybridized carbons (Fsp3) is 0.316. The lowest BCUT2D eigenvalue weighted by molar-refractivity contribution is 0.166. The largest absolute Gasteiger partial charge is 0.477 e. The molecule has 0 radical (unpaired) electrons. The minimum absolute atomic E-state index is 0.388. The molecule has 0 saturated carbocycles. The second-order valence-corrected chi connectivity index (χ2v) is 6.87. The average molecular weight is 386 g/mol. The standard InChI is InChI=1S/C19H20ClN5O2/c20-13-3-4-14-16(8-13)24-17(9-23-15-2-1-6-22-18(15)21)25-19(14)27-11-12-5-7-26-10-12/h1-4,6,8,12,23H,5,7,9-11H2,(H2,21,22). The Balaban J connectivity index is 1.58. The predicted molar refractivity (Wildman–Crippen MR) is 105 cm³/mol. The van der Waals surface area contributed by atoms with Crippen LogP contribution in [0.3, 0.4) is 0 Å². The van der Waals surface area contributed by atoms with Gasteiger partial charge in [0.1, 0.15) is 5.82 Å². The average Bonchev–Trinajstić information content (AvgIpc) is 3.18. The molecule has 8 heteroatoms. The number of rotatable bonds is 6. The summed E-state index contributed by atoms with van der Waals surface area (Å²) in [6.07, 6.45) is 2.65. The van der Waals surface area contributed by atoms with Gasteiger partial charge >= 0.3 is 0 Å². The van der Waals surface area contributed by atoms with Crippen molar-refractivity contribution in [2.45, 2.75) is 13.0 Å². The van der Waals surface area contributed by atoms with Crippen molar-refractivity contribution in [1.82, 2.24) is 15.0 Å². The monoisotopic (exact) mass is 385 g/mol. The van der Waals surface area contributed by atoms with Gasteiger partial charge in [0.05, 0.1) is 36.3 Å². The van der Waals surface area contributed by atoms with E-state index in [2.05, 4.69) is 20.3 Å². The van der Waals surface area contributed by atoms with E-state index in [1.54, 1.807) is 6.20 Å². The van der Waals surface area contributed by atoms with Gasteiger partial charge in [0, 0.05) is 23.7 Å². The topological polar surface area (TPSA) is 95.2 Å². The molecule has 1 aliphatic heterocycles. The van der Waals surface area contributed by atoms with Gasteiger partial charge < -0.3 is 20.5 Å². The summed E-state index contributed by atoms with van der Waals surface area (Å²) < 4.78 is 11.4. The number of nitrogens with zero attached hydrogens (tertiary/aromatic N) is 3. The molecule has 140 valence electrons. The van der Waals surface area contributed by atoms with E-state index in [0.29, 0.717) is 41.6 Å². The van der Waals surface area contributed by atoms with Crippen molar-refractivity contribution < 1.29 is 9.47 Å². The molecule has 1 fully saturated rings. The Kier molecular flexibility index (Phi) is 5.22. The Morgan fingerprint density at radius 3 is 3.04 bits per heavy atom. The smallest absolute Gasteiger partial charge is 0.224 e. The zero-order chi connectivity index (χ0) is 18.6. The molecule has 1 atom stereocenters. The third-order valence-electron chi connectivity index (χ3n) is 4.43. The zero-order valence-electron chi connectivity index (χ0n) is 14.7. The Hall–Kier alpha value is -2.64. The summed E-state index contributed by atoms with van der Waals surface area (Å²) in [6.45, 7) is 2.47. The van der Waals surface area contributed by atoms with Gasteiger partial charge in [0.15, 0.2) is 5.82 Å². The molecule has 1 unspecified atom stereocenters. The molecule has 1 aromatic carbocycles. The first-order valence-electron chi connectivity index (χ1n) is 8.80. The first-order chi connectivity index (χ1) is 13.2. The van der Waals surface area contributed by atoms with Crippen molar-refractivity contribution in [3.8, 4) is 5.88 Å². The molecule has 1 aliphatic rings. The van der Waals surface area contributed by atoms with E-state index >= 15 is 0 Å². The van der Waals surface area contributed by atoms with Crippen molar-refractivity contribution in [1.29, 1.82) is 0 Å². The van der Waals surface area contributed by atoms with Crippen molar-refractivity contribution in [3.63, 3.8) is 0 Å². The predicted octanol–water partition coefficient (Wildman–Crippen LogP) is 3.29. The van der Waals surface area contributed by atoms with Crippen LogP contribution in [0.25, 0.3) is 10.9 Å². The summed E-state index contributed by atoms with van der Waals surface area (Å²) in [4.78, 5) is 13.3. The molecule has 0 spiro atoms. The highest BCUT2D eigenvalue weighted by molar-refractivity contribution is 6.31. The van der Waals surface area contributed by atoms with E-state index in [-0.39, 0.29) is 0 Å². The summed E-state index contributed by atoms with van der Waals surface area (Å²) in [5, 5.41) is 4.67. The van der Waals surface area contributed by atoms with Crippen LogP contribution in [0.1, 0.15) is 12.2 Å². The van der Waals surface area contributed by atoms with Gasteiger partial charge in [-0.05, 0) is 36.8 Å². The Labute approximate surface area is 161 Å². The van der Waals surface area contributed by atoms with E-state index in [9.17, 15) is 0 Å². The number of fused-ring (bicyclic) bond motifs is 1. The van der Waals surface area contributed by atoms with Crippen LogP contribution in [0.2, 0.25) is 5.02 Å². The number of aromatic nitrogens is 3. The van der Waals surface area contributed by atoms with Crippen LogP contribution >= 0.6 is 11.6 Å². The van der Waals surface area contributed by atoms with Crippen molar-refractivity contribution in [3.05, 3.63) is 47.4 Å². The lowest BCUT2D eigenvalue weighted by atomic mass is 10.1. The van der Waals surface area contributed by atoms with E-state index in [4.69, 9.17) is 26.8 Å². The molecule has 3 aromatic rings. The molecular weight excluding hydrogens is 366 g/mol. The highest BCUT2D eigenvalue weighted by atomic mass is 35.5. The second-order valence-electron chi connectivity index (χ2n) is 6.44. The first kappa shape index (κ1) is 17.8. The summed E-state index contributed by atoms with van der Waals surface area (Å²) in [7, 11) is 0. The van der Waals surface area contributed by atoms with Crippen LogP contribution in [0, 0.1) is 5.92 Å². The highest BCUT2D eigenvalue weighted by Crippen LogP contribution is 2.27. The van der Waals surface area contributed by atoms with Gasteiger partial charge in [-0.1, -0.05) is 11.6 Å². The zero-order valence-corrected chi connectivity index (χ0v) is 15.4. The summed E-state index contributed by atoms with van der Waals surface area (Å²) in [5.41, 5.74) is 7.35. The van der Waals surface area contributed by atoms with Gasteiger partial charge in [-0.2, -0.15) is 4.98 Å². The Morgan fingerprint density at radius 1 is 1.30 bits per heavy atom. The van der Waals surface area contributed by atoms with Crippen LogP contribution in [0.4, 0.5) is 11.5 Å². The van der Waals surface area contributed by atoms with Crippen LogP contribution in [0.15, 0.2) is 36.5 Å². The highest BCUT2D eigenvalue weighted by Gasteiger charge is 2.18. The normalized spacial score (nSPS) is 16.6. The van der Waals surface area contributed by atoms with Gasteiger partial charge in [-0.25, -0.2) is 9.97 Å². The molecule has 7 nitrogen and oxygen atoms in total. The summed E-state index contributed by atoms with van der Waals surface area (Å²) in [5.74, 6) is 1.96. The molecule has 1 saturated heterocycles.